The van der Waals surface area contributed by atoms with Crippen molar-refractivity contribution in [3.8, 4) is 0 Å². The minimum Gasteiger partial charge on any atom is -0.440 e. The minimum atomic E-state index is -2.69. The van der Waals surface area contributed by atoms with Gasteiger partial charge in [0.05, 0.1) is 0 Å². The highest BCUT2D eigenvalue weighted by Crippen LogP contribution is 2.28. The van der Waals surface area contributed by atoms with Crippen LogP contribution in [0.5, 0.6) is 0 Å². The molecule has 0 radical (unpaired) electrons. The zero-order valence-corrected chi connectivity index (χ0v) is 31.5. The van der Waals surface area contributed by atoms with E-state index in [1.54, 1.807) is 13.1 Å². The van der Waals surface area contributed by atoms with Crippen LogP contribution in [0.4, 0.5) is 0 Å². The van der Waals surface area contributed by atoms with Gasteiger partial charge in [0, 0.05) is 0 Å². The van der Waals surface area contributed by atoms with Crippen molar-refractivity contribution in [3.05, 3.63) is 0 Å². The molecule has 8 nitrogen and oxygen atoms in total. The second kappa shape index (κ2) is 11.2. The summed E-state index contributed by atoms with van der Waals surface area (Å²) < 4.78 is 44.6. The van der Waals surface area contributed by atoms with E-state index >= 15 is 0 Å². The molecule has 0 saturated carbocycles. The van der Waals surface area contributed by atoms with Gasteiger partial charge in [0.25, 0.3) is 0 Å². The zero-order chi connectivity index (χ0) is 26.0. The van der Waals surface area contributed by atoms with Crippen LogP contribution in [-0.2, 0) is 28.8 Å². The van der Waals surface area contributed by atoms with Crippen molar-refractivity contribution in [2.45, 2.75) is 105 Å². The summed E-state index contributed by atoms with van der Waals surface area (Å²) >= 11 is 0. The second-order valence-electron chi connectivity index (χ2n) is 11.6. The molecular formula is C16H50O8Si8. The molecule has 16 heteroatoms. The van der Waals surface area contributed by atoms with E-state index in [4.69, 9.17) is 28.8 Å². The third-order valence-corrected chi connectivity index (χ3v) is 31.3. The van der Waals surface area contributed by atoms with Gasteiger partial charge in [0.1, 0.15) is 0 Å². The molecule has 0 rings (SSSR count). The van der Waals surface area contributed by atoms with E-state index in [1.807, 2.05) is 52.4 Å². The molecule has 0 aromatic rings. The van der Waals surface area contributed by atoms with Gasteiger partial charge in [0.15, 0.2) is 9.04 Å². The fourth-order valence-electron chi connectivity index (χ4n) is 4.26. The summed E-state index contributed by atoms with van der Waals surface area (Å²) in [6.07, 6.45) is 0. The maximum atomic E-state index is 10.2. The van der Waals surface area contributed by atoms with Gasteiger partial charge in [0.2, 0.25) is 0 Å². The zero-order valence-electron chi connectivity index (χ0n) is 23.4. The molecule has 0 aromatic carbocycles. The van der Waals surface area contributed by atoms with E-state index in [1.165, 1.54) is 0 Å². The van der Waals surface area contributed by atoms with Gasteiger partial charge in [-0.15, -0.1) is 0 Å². The SMILES string of the molecule is C[SiH](C)O[Si](C)(C)O[Si](C)(C)O[Si](C)(C)O[Si](C)(C)O[Si](C)(C)O[Si](C)(C)O[Si](C)(C)O. The lowest BCUT2D eigenvalue weighted by Gasteiger charge is -2.43. The molecule has 0 aliphatic rings. The van der Waals surface area contributed by atoms with Crippen LogP contribution in [0.15, 0.2) is 0 Å². The van der Waals surface area contributed by atoms with Gasteiger partial charge in [-0.25, -0.2) is 0 Å². The van der Waals surface area contributed by atoms with E-state index in [9.17, 15) is 4.80 Å². The normalized spacial score (nSPS) is 15.6. The molecule has 0 fully saturated rings. The molecule has 0 amide bonds. The van der Waals surface area contributed by atoms with Crippen LogP contribution >= 0.6 is 0 Å². The summed E-state index contributed by atoms with van der Waals surface area (Å²) in [7, 11) is -18.8. The Bertz CT molecular complexity index is 605. The van der Waals surface area contributed by atoms with Gasteiger partial charge in [-0.05, 0) is 105 Å². The maximum absolute atomic E-state index is 10.2. The van der Waals surface area contributed by atoms with E-state index in [0.29, 0.717) is 0 Å². The van der Waals surface area contributed by atoms with Crippen LogP contribution in [-0.4, -0.2) is 73.8 Å². The maximum Gasteiger partial charge on any atom is 0.320 e. The molecule has 0 aliphatic carbocycles. The van der Waals surface area contributed by atoms with Crippen LogP contribution in [0.3, 0.4) is 0 Å². The summed E-state index contributed by atoms with van der Waals surface area (Å²) in [5, 5.41) is 0. The van der Waals surface area contributed by atoms with E-state index in [-0.39, 0.29) is 0 Å². The van der Waals surface area contributed by atoms with Crippen molar-refractivity contribution < 1.29 is 33.6 Å². The molecule has 0 saturated heterocycles. The molecule has 194 valence electrons. The molecule has 0 aliphatic heterocycles. The highest BCUT2D eigenvalue weighted by Gasteiger charge is 2.48. The molecule has 32 heavy (non-hydrogen) atoms. The molecule has 0 atom stereocenters. The predicted molar refractivity (Wildman–Crippen MR) is 151 cm³/mol. The van der Waals surface area contributed by atoms with Crippen LogP contribution in [0.2, 0.25) is 105 Å². The van der Waals surface area contributed by atoms with Crippen LogP contribution in [0, 0.1) is 0 Å². The van der Waals surface area contributed by atoms with Crippen molar-refractivity contribution in [3.63, 3.8) is 0 Å². The Kier molecular flexibility index (Phi) is 11.7. The topological polar surface area (TPSA) is 84.8 Å². The van der Waals surface area contributed by atoms with Gasteiger partial charge in [-0.3, -0.25) is 0 Å². The summed E-state index contributed by atoms with van der Waals surface area (Å²) in [6.45, 7) is 32.2. The highest BCUT2D eigenvalue weighted by atomic mass is 28.5. The summed E-state index contributed by atoms with van der Waals surface area (Å²) in [5.41, 5.74) is 0. The first-order valence-electron chi connectivity index (χ1n) is 11.3. The molecular weight excluding hydrogens is 545 g/mol. The lowest BCUT2D eigenvalue weighted by atomic mass is 11.9. The first kappa shape index (κ1) is 33.4. The van der Waals surface area contributed by atoms with Crippen molar-refractivity contribution in [2.24, 2.45) is 0 Å². The Morgan fingerprint density at radius 1 is 0.406 bits per heavy atom. The van der Waals surface area contributed by atoms with Crippen LogP contribution in [0.1, 0.15) is 0 Å². The van der Waals surface area contributed by atoms with Crippen molar-refractivity contribution in [1.82, 2.24) is 0 Å². The predicted octanol–water partition coefficient (Wildman–Crippen LogP) is 4.99. The Labute approximate surface area is 206 Å². The summed E-state index contributed by atoms with van der Waals surface area (Å²) in [6, 6.07) is 0. The van der Waals surface area contributed by atoms with Gasteiger partial charge < -0.3 is 33.6 Å². The Hall–Kier alpha value is 1.42. The number of rotatable bonds is 14. The molecule has 0 spiro atoms. The lowest BCUT2D eigenvalue weighted by Crippen LogP contribution is -2.61. The second-order valence-corrected chi connectivity index (χ2v) is 39.3. The highest BCUT2D eigenvalue weighted by molar-refractivity contribution is 6.91. The average Bonchev–Trinajstić information content (AvgIpc) is 2.22. The minimum absolute atomic E-state index is 1.19. The average molecular weight is 595 g/mol. The molecule has 0 heterocycles. The van der Waals surface area contributed by atoms with Crippen molar-refractivity contribution in [2.75, 3.05) is 0 Å². The fraction of sp³-hybridized carbons (Fsp3) is 1.00. The quantitative estimate of drug-likeness (QED) is 0.282. The van der Waals surface area contributed by atoms with E-state index < -0.39 is 69.0 Å². The van der Waals surface area contributed by atoms with Gasteiger partial charge in [-0.2, -0.15) is 0 Å². The monoisotopic (exact) mass is 594 g/mol. The fourth-order valence-corrected chi connectivity index (χ4v) is 40.6. The molecule has 0 unspecified atom stereocenters. The smallest absolute Gasteiger partial charge is 0.320 e. The standard InChI is InChI=1S/C16H50O8Si8/c1-25(2)18-27(5,6)20-29(9,10)22-31(13,14)24-32(15,16)23-30(11,12)21-28(7,8)19-26(3,4)17/h17,25H,1-16H3. The third-order valence-electron chi connectivity index (χ3n) is 3.47. The Morgan fingerprint density at radius 2 is 0.625 bits per heavy atom. The Morgan fingerprint density at radius 3 is 0.844 bits per heavy atom. The first-order chi connectivity index (χ1) is 13.7. The van der Waals surface area contributed by atoms with Crippen LogP contribution < -0.4 is 0 Å². The Balaban J connectivity index is 5.22. The molecule has 0 aromatic heterocycles. The van der Waals surface area contributed by atoms with E-state index in [0.717, 1.165) is 0 Å². The van der Waals surface area contributed by atoms with Crippen molar-refractivity contribution >= 4 is 69.0 Å². The van der Waals surface area contributed by atoms with Gasteiger partial charge >= 0.3 is 59.9 Å². The third kappa shape index (κ3) is 16.2. The van der Waals surface area contributed by atoms with Gasteiger partial charge in [-0.1, -0.05) is 0 Å². The largest absolute Gasteiger partial charge is 0.440 e. The first-order valence-corrected chi connectivity index (χ1v) is 33.8. The van der Waals surface area contributed by atoms with Crippen LogP contribution in [0.25, 0.3) is 0 Å². The van der Waals surface area contributed by atoms with E-state index in [2.05, 4.69) is 39.3 Å². The molecule has 0 bridgehead atoms. The summed E-state index contributed by atoms with van der Waals surface area (Å²) in [4.78, 5) is 10.2. The number of hydrogen-bond donors (Lipinski definition) is 1. The molecule has 1 N–H and O–H groups in total. The number of hydrogen-bond acceptors (Lipinski definition) is 8. The lowest BCUT2D eigenvalue weighted by molar-refractivity contribution is 0.260. The van der Waals surface area contributed by atoms with Crippen molar-refractivity contribution in [1.29, 1.82) is 0 Å². The summed E-state index contributed by atoms with van der Waals surface area (Å²) in [5.74, 6) is 0.